The Morgan fingerprint density at radius 2 is 2.33 bits per heavy atom. The van der Waals surface area contributed by atoms with E-state index >= 15 is 0 Å². The molecular weight excluding hydrogens is 208 g/mol. The number of hydrogen-bond acceptors (Lipinski definition) is 3. The Labute approximate surface area is 95.8 Å². The van der Waals surface area contributed by atoms with Gasteiger partial charge < -0.3 is 10.6 Å². The van der Waals surface area contributed by atoms with Gasteiger partial charge in [-0.25, -0.2) is 0 Å². The van der Waals surface area contributed by atoms with Crippen LogP contribution in [0.4, 0.5) is 0 Å². The quantitative estimate of drug-likeness (QED) is 0.786. The second kappa shape index (κ2) is 4.74. The third-order valence-electron chi connectivity index (χ3n) is 3.69. The fraction of sp³-hybridized carbons (Fsp3) is 0.909. The Balaban J connectivity index is 2.01. The lowest BCUT2D eigenvalue weighted by atomic mass is 10.1. The highest BCUT2D eigenvalue weighted by molar-refractivity contribution is 7.99. The molecule has 0 aromatic heterocycles. The van der Waals surface area contributed by atoms with E-state index in [9.17, 15) is 4.79 Å². The van der Waals surface area contributed by atoms with Crippen LogP contribution in [0, 0.1) is 5.92 Å². The van der Waals surface area contributed by atoms with Crippen LogP contribution in [-0.4, -0.2) is 41.4 Å². The zero-order chi connectivity index (χ0) is 10.8. The van der Waals surface area contributed by atoms with Crippen molar-refractivity contribution in [2.75, 3.05) is 19.3 Å². The maximum Gasteiger partial charge on any atom is 0.223 e. The Morgan fingerprint density at radius 1 is 1.53 bits per heavy atom. The van der Waals surface area contributed by atoms with E-state index in [-0.39, 0.29) is 0 Å². The lowest BCUT2D eigenvalue weighted by Crippen LogP contribution is -2.40. The minimum atomic E-state index is 0.330. The van der Waals surface area contributed by atoms with E-state index in [1.54, 1.807) is 0 Å². The molecule has 3 atom stereocenters. The van der Waals surface area contributed by atoms with E-state index in [1.807, 2.05) is 11.8 Å². The van der Waals surface area contributed by atoms with Gasteiger partial charge in [0.05, 0.1) is 0 Å². The van der Waals surface area contributed by atoms with Crippen molar-refractivity contribution >= 4 is 17.7 Å². The summed E-state index contributed by atoms with van der Waals surface area (Å²) in [5.41, 5.74) is 5.64. The Hall–Kier alpha value is -0.220. The monoisotopic (exact) mass is 228 g/mol. The highest BCUT2D eigenvalue weighted by Gasteiger charge is 2.39. The van der Waals surface area contributed by atoms with Crippen molar-refractivity contribution in [3.63, 3.8) is 0 Å². The molecule has 0 radical (unpaired) electrons. The van der Waals surface area contributed by atoms with Crippen molar-refractivity contribution < 1.29 is 4.79 Å². The van der Waals surface area contributed by atoms with Crippen LogP contribution < -0.4 is 5.73 Å². The van der Waals surface area contributed by atoms with Gasteiger partial charge in [-0.1, -0.05) is 6.42 Å². The third kappa shape index (κ3) is 2.16. The lowest BCUT2D eigenvalue weighted by Gasteiger charge is -2.28. The molecule has 3 nitrogen and oxygen atoms in total. The van der Waals surface area contributed by atoms with Crippen molar-refractivity contribution in [1.29, 1.82) is 0 Å². The van der Waals surface area contributed by atoms with Crippen LogP contribution in [-0.2, 0) is 4.79 Å². The fourth-order valence-corrected chi connectivity index (χ4v) is 3.82. The first kappa shape index (κ1) is 11.3. The number of hydrogen-bond donors (Lipinski definition) is 1. The maximum absolute atomic E-state index is 11.9. The molecule has 4 heteroatoms. The Bertz CT molecular complexity index is 247. The van der Waals surface area contributed by atoms with Gasteiger partial charge in [0.1, 0.15) is 0 Å². The standard InChI is InChI=1S/C11H20N2OS/c1-15-10-4-2-3-9(10)13-7-8(6-12)5-11(13)14/h8-10H,2-7,12H2,1H3. The van der Waals surface area contributed by atoms with Crippen LogP contribution >= 0.6 is 11.8 Å². The maximum atomic E-state index is 11.9. The highest BCUT2D eigenvalue weighted by Crippen LogP contribution is 2.35. The van der Waals surface area contributed by atoms with Crippen molar-refractivity contribution in [1.82, 2.24) is 4.90 Å². The van der Waals surface area contributed by atoms with Gasteiger partial charge in [-0.2, -0.15) is 11.8 Å². The van der Waals surface area contributed by atoms with E-state index in [4.69, 9.17) is 5.73 Å². The SMILES string of the molecule is CSC1CCCC1N1CC(CN)CC1=O. The fourth-order valence-electron chi connectivity index (χ4n) is 2.82. The second-order valence-corrected chi connectivity index (χ2v) is 5.70. The van der Waals surface area contributed by atoms with Gasteiger partial charge in [-0.15, -0.1) is 0 Å². The number of carbonyl (C=O) groups is 1. The molecule has 86 valence electrons. The largest absolute Gasteiger partial charge is 0.338 e. The molecular formula is C11H20N2OS. The minimum absolute atomic E-state index is 0.330. The molecule has 0 bridgehead atoms. The van der Waals surface area contributed by atoms with E-state index in [1.165, 1.54) is 19.3 Å². The molecule has 2 N–H and O–H groups in total. The molecule has 0 spiro atoms. The van der Waals surface area contributed by atoms with Gasteiger partial charge in [0, 0.05) is 24.3 Å². The predicted molar refractivity (Wildman–Crippen MR) is 63.8 cm³/mol. The zero-order valence-electron chi connectivity index (χ0n) is 9.32. The number of thioether (sulfide) groups is 1. The molecule has 1 saturated heterocycles. The Kier molecular flexibility index (Phi) is 3.57. The molecule has 1 amide bonds. The van der Waals surface area contributed by atoms with Gasteiger partial charge in [0.2, 0.25) is 5.91 Å². The van der Waals surface area contributed by atoms with Gasteiger partial charge in [-0.05, 0) is 31.6 Å². The van der Waals surface area contributed by atoms with Crippen LogP contribution in [0.15, 0.2) is 0 Å². The average molecular weight is 228 g/mol. The summed E-state index contributed by atoms with van der Waals surface area (Å²) in [4.78, 5) is 14.0. The summed E-state index contributed by atoms with van der Waals surface area (Å²) in [5, 5.41) is 0.658. The number of likely N-dealkylation sites (tertiary alicyclic amines) is 1. The number of nitrogens with two attached hydrogens (primary N) is 1. The average Bonchev–Trinajstić information content (AvgIpc) is 2.82. The van der Waals surface area contributed by atoms with Gasteiger partial charge in [0.25, 0.3) is 0 Å². The molecule has 1 heterocycles. The van der Waals surface area contributed by atoms with Crippen molar-refractivity contribution in [3.05, 3.63) is 0 Å². The minimum Gasteiger partial charge on any atom is -0.338 e. The first-order valence-corrected chi connectivity index (χ1v) is 7.07. The summed E-state index contributed by atoms with van der Waals surface area (Å²) in [6, 6.07) is 0.490. The summed E-state index contributed by atoms with van der Waals surface area (Å²) in [7, 11) is 0. The predicted octanol–water partition coefficient (Wildman–Crippen LogP) is 1.08. The number of rotatable bonds is 3. The van der Waals surface area contributed by atoms with Gasteiger partial charge in [-0.3, -0.25) is 4.79 Å². The number of amides is 1. The van der Waals surface area contributed by atoms with Gasteiger partial charge in [0.15, 0.2) is 0 Å². The summed E-state index contributed by atoms with van der Waals surface area (Å²) in [6.45, 7) is 1.55. The van der Waals surface area contributed by atoms with E-state index < -0.39 is 0 Å². The third-order valence-corrected chi connectivity index (χ3v) is 4.85. The molecule has 1 saturated carbocycles. The second-order valence-electron chi connectivity index (χ2n) is 4.62. The number of carbonyl (C=O) groups excluding carboxylic acids is 1. The molecule has 0 aromatic rings. The topological polar surface area (TPSA) is 46.3 Å². The van der Waals surface area contributed by atoms with Crippen molar-refractivity contribution in [2.45, 2.75) is 37.0 Å². The molecule has 3 unspecified atom stereocenters. The first-order chi connectivity index (χ1) is 7.26. The molecule has 0 aromatic carbocycles. The highest BCUT2D eigenvalue weighted by atomic mass is 32.2. The molecule has 1 aliphatic heterocycles. The molecule has 15 heavy (non-hydrogen) atoms. The summed E-state index contributed by atoms with van der Waals surface area (Å²) < 4.78 is 0. The van der Waals surface area contributed by atoms with Gasteiger partial charge >= 0.3 is 0 Å². The number of nitrogens with zero attached hydrogens (tertiary/aromatic N) is 1. The molecule has 2 aliphatic rings. The van der Waals surface area contributed by atoms with Crippen LogP contribution in [0.1, 0.15) is 25.7 Å². The Morgan fingerprint density at radius 3 is 2.93 bits per heavy atom. The summed E-state index contributed by atoms with van der Waals surface area (Å²) in [5.74, 6) is 0.733. The van der Waals surface area contributed by atoms with E-state index in [2.05, 4.69) is 11.2 Å². The summed E-state index contributed by atoms with van der Waals surface area (Å²) in [6.07, 6.45) is 6.56. The normalized spacial score (nSPS) is 36.5. The van der Waals surface area contributed by atoms with Crippen LogP contribution in [0.3, 0.4) is 0 Å². The molecule has 2 fully saturated rings. The molecule has 1 aliphatic carbocycles. The van der Waals surface area contributed by atoms with Crippen LogP contribution in [0.5, 0.6) is 0 Å². The van der Waals surface area contributed by atoms with Crippen molar-refractivity contribution in [2.24, 2.45) is 11.7 Å². The summed E-state index contributed by atoms with van der Waals surface area (Å²) >= 11 is 1.91. The smallest absolute Gasteiger partial charge is 0.223 e. The van der Waals surface area contributed by atoms with Crippen LogP contribution in [0.2, 0.25) is 0 Å². The van der Waals surface area contributed by atoms with Crippen LogP contribution in [0.25, 0.3) is 0 Å². The lowest BCUT2D eigenvalue weighted by molar-refractivity contribution is -0.129. The first-order valence-electron chi connectivity index (χ1n) is 5.78. The van der Waals surface area contributed by atoms with E-state index in [0.29, 0.717) is 36.1 Å². The van der Waals surface area contributed by atoms with E-state index in [0.717, 1.165) is 6.54 Å². The van der Waals surface area contributed by atoms with Crippen molar-refractivity contribution in [3.8, 4) is 0 Å². The molecule has 2 rings (SSSR count). The zero-order valence-corrected chi connectivity index (χ0v) is 10.1.